The number of hydrogen-bond donors (Lipinski definition) is 0. The van der Waals surface area contributed by atoms with E-state index in [1.165, 1.54) is 0 Å². The van der Waals surface area contributed by atoms with E-state index < -0.39 is 17.4 Å². The quantitative estimate of drug-likeness (QED) is 0.184. The Morgan fingerprint density at radius 2 is 1.33 bits per heavy atom. The van der Waals surface area contributed by atoms with Crippen LogP contribution in [0, 0.1) is 17.3 Å². The van der Waals surface area contributed by atoms with Gasteiger partial charge in [-0.25, -0.2) is 0 Å². The largest absolute Gasteiger partial charge is 0.465 e. The summed E-state index contributed by atoms with van der Waals surface area (Å²) in [6.07, 6.45) is 9.51. The molecule has 27 heavy (non-hydrogen) atoms. The van der Waals surface area contributed by atoms with Crippen LogP contribution in [0.2, 0.25) is 0 Å². The van der Waals surface area contributed by atoms with Crippen molar-refractivity contribution in [2.24, 2.45) is 17.3 Å². The fourth-order valence-corrected chi connectivity index (χ4v) is 3.21. The molecule has 0 aromatic heterocycles. The van der Waals surface area contributed by atoms with Crippen LogP contribution in [0.5, 0.6) is 0 Å². The van der Waals surface area contributed by atoms with Crippen LogP contribution in [0.1, 0.15) is 92.4 Å². The van der Waals surface area contributed by atoms with Crippen molar-refractivity contribution >= 4 is 11.9 Å². The van der Waals surface area contributed by atoms with Crippen molar-refractivity contribution in [1.82, 2.24) is 0 Å². The average Bonchev–Trinajstić information content (AvgIpc) is 2.66. The second-order valence-electron chi connectivity index (χ2n) is 8.02. The molecular formula is C23H42O4. The summed E-state index contributed by atoms with van der Waals surface area (Å²) < 4.78 is 11.2. The number of esters is 2. The van der Waals surface area contributed by atoms with Gasteiger partial charge in [0.05, 0.1) is 13.2 Å². The zero-order chi connectivity index (χ0) is 20.7. The predicted molar refractivity (Wildman–Crippen MR) is 111 cm³/mol. The van der Waals surface area contributed by atoms with E-state index in [0.29, 0.717) is 37.9 Å². The normalized spacial score (nSPS) is 15.4. The second kappa shape index (κ2) is 14.7. The molecule has 0 bridgehead atoms. The van der Waals surface area contributed by atoms with Gasteiger partial charge in [-0.2, -0.15) is 0 Å². The third-order valence-corrected chi connectivity index (χ3v) is 5.05. The third-order valence-electron chi connectivity index (χ3n) is 5.05. The third kappa shape index (κ3) is 9.44. The number of unbranched alkanes of at least 4 members (excludes halogenated alkanes) is 2. The molecule has 0 amide bonds. The van der Waals surface area contributed by atoms with Crippen molar-refractivity contribution in [2.75, 3.05) is 13.2 Å². The number of carbonyl (C=O) groups excluding carboxylic acids is 2. The van der Waals surface area contributed by atoms with Crippen molar-refractivity contribution in [3.8, 4) is 0 Å². The summed E-state index contributed by atoms with van der Waals surface area (Å²) in [7, 11) is 0. The SMILES string of the molecule is C=CCC(CCC)(C(=O)OCC(C)CCCC)C(=O)OCC(C)CCCC. The molecular weight excluding hydrogens is 340 g/mol. The van der Waals surface area contributed by atoms with Gasteiger partial charge in [-0.3, -0.25) is 9.59 Å². The van der Waals surface area contributed by atoms with Gasteiger partial charge in [-0.15, -0.1) is 6.58 Å². The predicted octanol–water partition coefficient (Wildman–Crippen LogP) is 6.09. The molecule has 0 saturated heterocycles. The van der Waals surface area contributed by atoms with Gasteiger partial charge in [0.15, 0.2) is 5.41 Å². The Bertz CT molecular complexity index is 400. The van der Waals surface area contributed by atoms with E-state index in [2.05, 4.69) is 34.3 Å². The Labute approximate surface area is 167 Å². The molecule has 0 aliphatic carbocycles. The van der Waals surface area contributed by atoms with Crippen LogP contribution in [0.25, 0.3) is 0 Å². The highest BCUT2D eigenvalue weighted by molar-refractivity contribution is 6.00. The second-order valence-corrected chi connectivity index (χ2v) is 8.02. The molecule has 4 nitrogen and oxygen atoms in total. The summed E-state index contributed by atoms with van der Waals surface area (Å²) in [5, 5.41) is 0. The van der Waals surface area contributed by atoms with Crippen LogP contribution < -0.4 is 0 Å². The van der Waals surface area contributed by atoms with Gasteiger partial charge in [0.1, 0.15) is 0 Å². The molecule has 4 heteroatoms. The summed E-state index contributed by atoms with van der Waals surface area (Å²) in [6.45, 7) is 14.9. The zero-order valence-corrected chi connectivity index (χ0v) is 18.4. The van der Waals surface area contributed by atoms with Crippen LogP contribution in [-0.4, -0.2) is 25.2 Å². The first-order valence-corrected chi connectivity index (χ1v) is 10.8. The highest BCUT2D eigenvalue weighted by atomic mass is 16.6. The summed E-state index contributed by atoms with van der Waals surface area (Å²) >= 11 is 0. The lowest BCUT2D eigenvalue weighted by molar-refractivity contribution is -0.174. The maximum Gasteiger partial charge on any atom is 0.323 e. The Balaban J connectivity index is 5.02. The van der Waals surface area contributed by atoms with Crippen LogP contribution in [-0.2, 0) is 19.1 Å². The summed E-state index contributed by atoms with van der Waals surface area (Å²) in [5.41, 5.74) is -1.26. The lowest BCUT2D eigenvalue weighted by Crippen LogP contribution is -2.42. The maximum absolute atomic E-state index is 12.9. The molecule has 0 heterocycles. The Morgan fingerprint density at radius 1 is 0.889 bits per heavy atom. The van der Waals surface area contributed by atoms with E-state index in [1.54, 1.807) is 6.08 Å². The van der Waals surface area contributed by atoms with Crippen molar-refractivity contribution < 1.29 is 19.1 Å². The summed E-state index contributed by atoms with van der Waals surface area (Å²) in [4.78, 5) is 25.8. The highest BCUT2D eigenvalue weighted by Gasteiger charge is 2.47. The lowest BCUT2D eigenvalue weighted by atomic mass is 9.80. The number of carbonyl (C=O) groups is 2. The van der Waals surface area contributed by atoms with Crippen LogP contribution in [0.4, 0.5) is 0 Å². The van der Waals surface area contributed by atoms with Gasteiger partial charge in [0.25, 0.3) is 0 Å². The van der Waals surface area contributed by atoms with Crippen molar-refractivity contribution in [1.29, 1.82) is 0 Å². The van der Waals surface area contributed by atoms with Crippen LogP contribution in [0.3, 0.4) is 0 Å². The first-order valence-electron chi connectivity index (χ1n) is 10.8. The fourth-order valence-electron chi connectivity index (χ4n) is 3.21. The molecule has 0 aliphatic heterocycles. The summed E-state index contributed by atoms with van der Waals surface area (Å²) in [6, 6.07) is 0. The molecule has 0 rings (SSSR count). The van der Waals surface area contributed by atoms with Crippen molar-refractivity contribution in [3.63, 3.8) is 0 Å². The topological polar surface area (TPSA) is 52.6 Å². The highest BCUT2D eigenvalue weighted by Crippen LogP contribution is 2.33. The minimum atomic E-state index is -1.26. The number of hydrogen-bond acceptors (Lipinski definition) is 4. The molecule has 0 aliphatic rings. The molecule has 2 atom stereocenters. The van der Waals surface area contributed by atoms with Gasteiger partial charge in [0.2, 0.25) is 0 Å². The van der Waals surface area contributed by atoms with E-state index in [4.69, 9.17) is 9.47 Å². The first kappa shape index (κ1) is 25.7. The van der Waals surface area contributed by atoms with Gasteiger partial charge in [-0.05, 0) is 37.5 Å². The van der Waals surface area contributed by atoms with E-state index >= 15 is 0 Å². The zero-order valence-electron chi connectivity index (χ0n) is 18.4. The van der Waals surface area contributed by atoms with E-state index in [0.717, 1.165) is 38.5 Å². The minimum Gasteiger partial charge on any atom is -0.465 e. The standard InChI is InChI=1S/C23H42O4/c1-7-11-13-19(5)17-26-21(24)23(15-9-3,16-10-4)22(25)27-18-20(6)14-12-8-2/h9,19-20H,3,7-8,10-18H2,1-2,4-6H3. The maximum atomic E-state index is 12.9. The Kier molecular flexibility index (Phi) is 14.0. The van der Waals surface area contributed by atoms with E-state index in [1.807, 2.05) is 6.92 Å². The van der Waals surface area contributed by atoms with Crippen LogP contribution >= 0.6 is 0 Å². The number of rotatable bonds is 16. The average molecular weight is 383 g/mol. The molecule has 0 aromatic carbocycles. The smallest absolute Gasteiger partial charge is 0.323 e. The molecule has 2 unspecified atom stereocenters. The van der Waals surface area contributed by atoms with Gasteiger partial charge >= 0.3 is 11.9 Å². The minimum absolute atomic E-state index is 0.255. The molecule has 0 radical (unpaired) electrons. The van der Waals surface area contributed by atoms with E-state index in [-0.39, 0.29) is 6.42 Å². The number of allylic oxidation sites excluding steroid dienone is 1. The fraction of sp³-hybridized carbons (Fsp3) is 0.826. The lowest BCUT2D eigenvalue weighted by Gasteiger charge is -2.29. The van der Waals surface area contributed by atoms with Gasteiger partial charge in [-0.1, -0.05) is 72.8 Å². The molecule has 0 aromatic rings. The van der Waals surface area contributed by atoms with Gasteiger partial charge < -0.3 is 9.47 Å². The molecule has 0 spiro atoms. The molecule has 0 saturated carbocycles. The van der Waals surface area contributed by atoms with Crippen LogP contribution in [0.15, 0.2) is 12.7 Å². The Morgan fingerprint density at radius 3 is 1.67 bits per heavy atom. The van der Waals surface area contributed by atoms with Gasteiger partial charge in [0, 0.05) is 0 Å². The van der Waals surface area contributed by atoms with E-state index in [9.17, 15) is 9.59 Å². The Hall–Kier alpha value is -1.32. The first-order chi connectivity index (χ1) is 12.9. The molecule has 158 valence electrons. The molecule has 0 N–H and O–H groups in total. The molecule has 0 fully saturated rings. The van der Waals surface area contributed by atoms with Crippen molar-refractivity contribution in [3.05, 3.63) is 12.7 Å². The number of ether oxygens (including phenoxy) is 2. The summed E-state index contributed by atoms with van der Waals surface area (Å²) in [5.74, 6) is -0.332. The monoisotopic (exact) mass is 382 g/mol. The van der Waals surface area contributed by atoms with Crippen molar-refractivity contribution in [2.45, 2.75) is 92.4 Å².